The van der Waals surface area contributed by atoms with Gasteiger partial charge in [0, 0.05) is 5.92 Å². The number of methoxy groups -OCH3 is 2. The van der Waals surface area contributed by atoms with Crippen LogP contribution in [0.1, 0.15) is 37.3 Å². The van der Waals surface area contributed by atoms with Gasteiger partial charge in [-0.3, -0.25) is 0 Å². The Kier molecular flexibility index (Phi) is 6.79. The van der Waals surface area contributed by atoms with Gasteiger partial charge in [-0.05, 0) is 61.6 Å². The minimum Gasteiger partial charge on any atom is -0.497 e. The van der Waals surface area contributed by atoms with E-state index in [-0.39, 0.29) is 12.0 Å². The SMILES string of the molecule is COc1ccc(C(OCC2CCC(C)O2)(c2ccc(OC)cc2)C2C=CC=CC2)cc1. The molecule has 0 bridgehead atoms. The van der Waals surface area contributed by atoms with Gasteiger partial charge in [-0.15, -0.1) is 0 Å². The quantitative estimate of drug-likeness (QED) is 0.552. The van der Waals surface area contributed by atoms with Crippen LogP contribution in [0.5, 0.6) is 11.5 Å². The lowest BCUT2D eigenvalue weighted by atomic mass is 9.73. The average Bonchev–Trinajstić information content (AvgIpc) is 3.26. The predicted octanol–water partition coefficient (Wildman–Crippen LogP) is 5.66. The average molecular weight is 421 g/mol. The van der Waals surface area contributed by atoms with E-state index in [1.54, 1.807) is 14.2 Å². The lowest BCUT2D eigenvalue weighted by molar-refractivity contribution is -0.0944. The molecule has 2 aromatic carbocycles. The third-order valence-electron chi connectivity index (χ3n) is 6.36. The Labute approximate surface area is 185 Å². The van der Waals surface area contributed by atoms with Crippen molar-refractivity contribution in [3.8, 4) is 11.5 Å². The van der Waals surface area contributed by atoms with Crippen LogP contribution in [-0.2, 0) is 15.1 Å². The van der Waals surface area contributed by atoms with Gasteiger partial charge in [0.2, 0.25) is 0 Å². The number of hydrogen-bond donors (Lipinski definition) is 0. The molecule has 0 N–H and O–H groups in total. The Hall–Kier alpha value is -2.56. The van der Waals surface area contributed by atoms with E-state index >= 15 is 0 Å². The molecular weight excluding hydrogens is 388 g/mol. The van der Waals surface area contributed by atoms with E-state index in [9.17, 15) is 0 Å². The van der Waals surface area contributed by atoms with Gasteiger partial charge >= 0.3 is 0 Å². The van der Waals surface area contributed by atoms with Crippen molar-refractivity contribution in [1.29, 1.82) is 0 Å². The summed E-state index contributed by atoms with van der Waals surface area (Å²) in [6, 6.07) is 16.5. The molecule has 3 atom stereocenters. The lowest BCUT2D eigenvalue weighted by Crippen LogP contribution is -2.41. The second-order valence-electron chi connectivity index (χ2n) is 8.30. The molecule has 1 saturated heterocycles. The first kappa shape index (κ1) is 21.7. The maximum absolute atomic E-state index is 6.93. The topological polar surface area (TPSA) is 36.9 Å². The monoisotopic (exact) mass is 420 g/mol. The van der Waals surface area contributed by atoms with E-state index in [1.165, 1.54) is 0 Å². The van der Waals surface area contributed by atoms with Gasteiger partial charge in [0.05, 0.1) is 33.0 Å². The van der Waals surface area contributed by atoms with E-state index in [0.717, 1.165) is 41.9 Å². The molecule has 1 aliphatic carbocycles. The molecule has 0 aromatic heterocycles. The van der Waals surface area contributed by atoms with E-state index in [4.69, 9.17) is 18.9 Å². The third kappa shape index (κ3) is 4.56. The molecule has 1 fully saturated rings. The van der Waals surface area contributed by atoms with E-state index in [0.29, 0.717) is 12.7 Å². The molecule has 4 heteroatoms. The van der Waals surface area contributed by atoms with Gasteiger partial charge in [-0.25, -0.2) is 0 Å². The second-order valence-corrected chi connectivity index (χ2v) is 8.30. The van der Waals surface area contributed by atoms with E-state index in [2.05, 4.69) is 55.5 Å². The van der Waals surface area contributed by atoms with Crippen molar-refractivity contribution < 1.29 is 18.9 Å². The van der Waals surface area contributed by atoms with Crippen LogP contribution >= 0.6 is 0 Å². The van der Waals surface area contributed by atoms with Crippen molar-refractivity contribution in [3.63, 3.8) is 0 Å². The maximum Gasteiger partial charge on any atom is 0.125 e. The third-order valence-corrected chi connectivity index (χ3v) is 6.36. The van der Waals surface area contributed by atoms with Crippen molar-refractivity contribution in [2.75, 3.05) is 20.8 Å². The van der Waals surface area contributed by atoms with Crippen LogP contribution < -0.4 is 9.47 Å². The van der Waals surface area contributed by atoms with Gasteiger partial charge in [0.25, 0.3) is 0 Å². The number of hydrogen-bond acceptors (Lipinski definition) is 4. The van der Waals surface area contributed by atoms with Crippen molar-refractivity contribution in [2.24, 2.45) is 5.92 Å². The normalized spacial score (nSPS) is 23.1. The highest BCUT2D eigenvalue weighted by atomic mass is 16.6. The van der Waals surface area contributed by atoms with Crippen LogP contribution in [0, 0.1) is 5.92 Å². The first-order chi connectivity index (χ1) is 15.2. The largest absolute Gasteiger partial charge is 0.497 e. The first-order valence-electron chi connectivity index (χ1n) is 11.1. The fraction of sp³-hybridized carbons (Fsp3) is 0.407. The molecule has 0 amide bonds. The van der Waals surface area contributed by atoms with Crippen molar-refractivity contribution in [2.45, 2.75) is 44.0 Å². The predicted molar refractivity (Wildman–Crippen MR) is 123 cm³/mol. The summed E-state index contributed by atoms with van der Waals surface area (Å²) in [5, 5.41) is 0. The molecule has 2 aliphatic rings. The number of ether oxygens (including phenoxy) is 4. The highest BCUT2D eigenvalue weighted by Gasteiger charge is 2.43. The Morgan fingerprint density at radius 2 is 1.48 bits per heavy atom. The van der Waals surface area contributed by atoms with Gasteiger partial charge < -0.3 is 18.9 Å². The highest BCUT2D eigenvalue weighted by Crippen LogP contribution is 2.45. The summed E-state index contributed by atoms with van der Waals surface area (Å²) < 4.78 is 23.8. The molecule has 1 heterocycles. The molecule has 31 heavy (non-hydrogen) atoms. The summed E-state index contributed by atoms with van der Waals surface area (Å²) in [7, 11) is 3.38. The molecule has 4 nitrogen and oxygen atoms in total. The molecular formula is C27H32O4. The Morgan fingerprint density at radius 1 is 0.871 bits per heavy atom. The zero-order chi connectivity index (χ0) is 21.7. The van der Waals surface area contributed by atoms with Crippen LogP contribution in [0.2, 0.25) is 0 Å². The molecule has 2 aromatic rings. The standard InChI is InChI=1S/C27H32O4/c1-20-9-14-26(31-20)19-30-27(21-7-5-4-6-8-21,22-10-15-24(28-2)16-11-22)23-12-17-25(29-3)18-13-23/h4-7,10-13,15-18,20-21,26H,8-9,14,19H2,1-3H3. The minimum absolute atomic E-state index is 0.119. The fourth-order valence-corrected chi connectivity index (χ4v) is 4.66. The van der Waals surface area contributed by atoms with Crippen molar-refractivity contribution >= 4 is 0 Å². The molecule has 4 rings (SSSR count). The van der Waals surface area contributed by atoms with Crippen molar-refractivity contribution in [1.82, 2.24) is 0 Å². The molecule has 3 unspecified atom stereocenters. The van der Waals surface area contributed by atoms with Crippen LogP contribution in [0.25, 0.3) is 0 Å². The first-order valence-corrected chi connectivity index (χ1v) is 11.1. The summed E-state index contributed by atoms with van der Waals surface area (Å²) >= 11 is 0. The number of rotatable bonds is 8. The Morgan fingerprint density at radius 3 is 1.94 bits per heavy atom. The fourth-order valence-electron chi connectivity index (χ4n) is 4.66. The summed E-state index contributed by atoms with van der Waals surface area (Å²) in [4.78, 5) is 0. The van der Waals surface area contributed by atoms with Gasteiger partial charge in [-0.2, -0.15) is 0 Å². The zero-order valence-electron chi connectivity index (χ0n) is 18.6. The van der Waals surface area contributed by atoms with Crippen LogP contribution in [-0.4, -0.2) is 33.0 Å². The van der Waals surface area contributed by atoms with Gasteiger partial charge in [0.15, 0.2) is 0 Å². The van der Waals surface area contributed by atoms with E-state index < -0.39 is 5.60 Å². The van der Waals surface area contributed by atoms with Gasteiger partial charge in [0.1, 0.15) is 17.1 Å². The maximum atomic E-state index is 6.93. The number of benzene rings is 2. The zero-order valence-corrected chi connectivity index (χ0v) is 18.6. The number of allylic oxidation sites excluding steroid dienone is 3. The molecule has 1 aliphatic heterocycles. The van der Waals surface area contributed by atoms with Crippen LogP contribution in [0.3, 0.4) is 0 Å². The van der Waals surface area contributed by atoms with Crippen LogP contribution in [0.15, 0.2) is 72.8 Å². The highest BCUT2D eigenvalue weighted by molar-refractivity contribution is 5.44. The molecule has 0 radical (unpaired) electrons. The molecule has 164 valence electrons. The summed E-state index contributed by atoms with van der Waals surface area (Å²) in [5.41, 5.74) is 1.57. The summed E-state index contributed by atoms with van der Waals surface area (Å²) in [5.74, 6) is 1.82. The Balaban J connectivity index is 1.79. The molecule has 0 saturated carbocycles. The van der Waals surface area contributed by atoms with Crippen LogP contribution in [0.4, 0.5) is 0 Å². The minimum atomic E-state index is -0.644. The molecule has 0 spiro atoms. The Bertz CT molecular complexity index is 850. The van der Waals surface area contributed by atoms with E-state index in [1.807, 2.05) is 24.3 Å². The van der Waals surface area contributed by atoms with Crippen molar-refractivity contribution in [3.05, 3.63) is 84.0 Å². The second kappa shape index (κ2) is 9.71. The smallest absolute Gasteiger partial charge is 0.125 e. The lowest BCUT2D eigenvalue weighted by Gasteiger charge is -2.41. The summed E-state index contributed by atoms with van der Waals surface area (Å²) in [6.07, 6.45) is 12.1. The summed E-state index contributed by atoms with van der Waals surface area (Å²) in [6.45, 7) is 2.69. The van der Waals surface area contributed by atoms with Gasteiger partial charge in [-0.1, -0.05) is 48.6 Å².